The number of likely N-dealkylation sites (N-methyl/N-ethyl adjacent to an activating group) is 1. The number of halogens is 7. The highest BCUT2D eigenvalue weighted by Crippen LogP contribution is 2.42. The number of pyridine rings is 1. The first-order valence-electron chi connectivity index (χ1n) is 13.1. The highest BCUT2D eigenvalue weighted by atomic mass is 35.5. The van der Waals surface area contributed by atoms with Gasteiger partial charge in [0.1, 0.15) is 30.8 Å². The summed E-state index contributed by atoms with van der Waals surface area (Å²) in [5.41, 5.74) is 4.31. The van der Waals surface area contributed by atoms with Gasteiger partial charge in [-0.25, -0.2) is 14.1 Å². The molecule has 1 saturated heterocycles. The summed E-state index contributed by atoms with van der Waals surface area (Å²) in [6.45, 7) is 4.85. The molecule has 2 aromatic heterocycles. The summed E-state index contributed by atoms with van der Waals surface area (Å²) >= 11 is 12.1. The minimum Gasteiger partial charge on any atom is -1.00 e. The summed E-state index contributed by atoms with van der Waals surface area (Å²) in [5.74, 6) is 0.253. The van der Waals surface area contributed by atoms with Crippen LogP contribution in [-0.2, 0) is 19.1 Å². The fourth-order valence-corrected chi connectivity index (χ4v) is 6.25. The summed E-state index contributed by atoms with van der Waals surface area (Å²) in [6.07, 6.45) is 3.65. The van der Waals surface area contributed by atoms with Crippen LogP contribution in [0.15, 0.2) is 54.6 Å². The third-order valence-corrected chi connectivity index (χ3v) is 8.69. The first-order chi connectivity index (χ1) is 18.7. The van der Waals surface area contributed by atoms with Crippen LogP contribution in [0.4, 0.5) is 19.0 Å². The van der Waals surface area contributed by atoms with Gasteiger partial charge in [0.05, 0.1) is 11.1 Å². The lowest BCUT2D eigenvalue weighted by Gasteiger charge is -2.37. The quantitative estimate of drug-likeness (QED) is 0.399. The number of imidazole rings is 1. The van der Waals surface area contributed by atoms with Crippen LogP contribution in [0.25, 0.3) is 5.57 Å². The lowest BCUT2D eigenvalue weighted by atomic mass is 9.92. The van der Waals surface area contributed by atoms with Crippen molar-refractivity contribution in [2.24, 2.45) is 0 Å². The molecule has 13 heteroatoms. The van der Waals surface area contributed by atoms with E-state index < -0.39 is 16.9 Å². The van der Waals surface area contributed by atoms with Gasteiger partial charge in [0.25, 0.3) is 0 Å². The van der Waals surface area contributed by atoms with Gasteiger partial charge in [0.15, 0.2) is 5.69 Å². The maximum absolute atomic E-state index is 13.4. The van der Waals surface area contributed by atoms with Crippen molar-refractivity contribution in [3.8, 4) is 0 Å². The van der Waals surface area contributed by atoms with E-state index in [1.807, 2.05) is 6.07 Å². The van der Waals surface area contributed by atoms with E-state index in [1.165, 1.54) is 34.4 Å². The average molecular weight is 650 g/mol. The molecule has 2 aliphatic heterocycles. The van der Waals surface area contributed by atoms with Crippen molar-refractivity contribution in [3.63, 3.8) is 0 Å². The Morgan fingerprint density at radius 2 is 1.95 bits per heavy atom. The van der Waals surface area contributed by atoms with E-state index in [1.54, 1.807) is 11.9 Å². The molecular weight excluding hydrogens is 619 g/mol. The van der Waals surface area contributed by atoms with Gasteiger partial charge in [-0.15, -0.1) is 12.4 Å². The Kier molecular flexibility index (Phi) is 9.88. The van der Waals surface area contributed by atoms with E-state index >= 15 is 0 Å². The summed E-state index contributed by atoms with van der Waals surface area (Å²) in [7, 11) is 1.77. The first kappa shape index (κ1) is 31.9. The van der Waals surface area contributed by atoms with Crippen molar-refractivity contribution in [2.75, 3.05) is 44.7 Å². The summed E-state index contributed by atoms with van der Waals surface area (Å²) in [4.78, 5) is 8.06. The second-order valence-electron chi connectivity index (χ2n) is 10.6. The van der Waals surface area contributed by atoms with E-state index in [9.17, 15) is 13.2 Å². The number of rotatable bonds is 7. The zero-order valence-electron chi connectivity index (χ0n) is 22.3. The van der Waals surface area contributed by atoms with Crippen molar-refractivity contribution >= 4 is 47.0 Å². The SMILES string of the molecule is CN(CCN1CCC2=C(Cc3ccc(Cl)cc32)C1C[n+]1ccn(C2CNC2)c1)c1ccc(Cl)c(C(F)(F)F)n1.Cl.[Cl-]. The molecule has 6 rings (SSSR count). The first-order valence-corrected chi connectivity index (χ1v) is 13.9. The second kappa shape index (κ2) is 12.7. The van der Waals surface area contributed by atoms with E-state index in [2.05, 4.69) is 55.2 Å². The predicted molar refractivity (Wildman–Crippen MR) is 153 cm³/mol. The van der Waals surface area contributed by atoms with Gasteiger partial charge in [-0.3, -0.25) is 4.90 Å². The number of fused-ring (bicyclic) bond motifs is 2. The molecule has 4 heterocycles. The standard InChI is InChI=1S/C28H30Cl2F3N6.2ClH/c1-36(26-5-4-24(30)27(35-26)28(31,32)33)8-10-38-7-6-21-22-13-19(29)3-2-18(22)12-23(21)25(38)16-37-9-11-39(17-37)20-14-34-15-20;;/h2-5,9,11,13,17,20,25,34H,6-8,10,12,14-16H2,1H3;2*1H/q+1;;/p-1. The van der Waals surface area contributed by atoms with Gasteiger partial charge in [0.2, 0.25) is 6.33 Å². The number of anilines is 1. The van der Waals surface area contributed by atoms with Crippen LogP contribution >= 0.6 is 35.6 Å². The summed E-state index contributed by atoms with van der Waals surface area (Å²) < 4.78 is 44.6. The molecule has 0 saturated carbocycles. The molecule has 0 amide bonds. The fraction of sp³-hybridized carbons (Fsp3) is 0.429. The van der Waals surface area contributed by atoms with Crippen molar-refractivity contribution in [1.82, 2.24) is 19.8 Å². The number of alkyl halides is 3. The van der Waals surface area contributed by atoms with Gasteiger partial charge >= 0.3 is 6.18 Å². The maximum atomic E-state index is 13.4. The summed E-state index contributed by atoms with van der Waals surface area (Å²) in [5, 5.41) is 3.68. The molecule has 0 spiro atoms. The summed E-state index contributed by atoms with van der Waals surface area (Å²) in [6, 6.07) is 9.62. The molecule has 1 aliphatic carbocycles. The minimum atomic E-state index is -4.60. The van der Waals surface area contributed by atoms with Crippen molar-refractivity contribution in [2.45, 2.75) is 37.6 Å². The topological polar surface area (TPSA) is 40.2 Å². The zero-order chi connectivity index (χ0) is 27.3. The van der Waals surface area contributed by atoms with Crippen LogP contribution < -0.4 is 27.2 Å². The van der Waals surface area contributed by atoms with E-state index in [0.717, 1.165) is 44.0 Å². The number of benzene rings is 1. The average Bonchev–Trinajstić information content (AvgIpc) is 3.46. The maximum Gasteiger partial charge on any atom is 0.434 e. The fourth-order valence-electron chi connectivity index (χ4n) is 5.86. The van der Waals surface area contributed by atoms with Crippen molar-refractivity contribution < 1.29 is 30.1 Å². The number of aromatic nitrogens is 3. The molecule has 3 aliphatic rings. The highest BCUT2D eigenvalue weighted by Gasteiger charge is 2.37. The van der Waals surface area contributed by atoms with E-state index in [0.29, 0.717) is 19.1 Å². The Morgan fingerprint density at radius 1 is 1.17 bits per heavy atom. The molecule has 1 N–H and O–H groups in total. The number of nitrogens with one attached hydrogen (secondary N) is 1. The molecule has 1 atom stereocenters. The van der Waals surface area contributed by atoms with Crippen molar-refractivity contribution in [3.05, 3.63) is 81.5 Å². The van der Waals surface area contributed by atoms with Gasteiger partial charge in [-0.1, -0.05) is 29.3 Å². The molecule has 1 unspecified atom stereocenters. The van der Waals surface area contributed by atoms with Crippen LogP contribution in [0.5, 0.6) is 0 Å². The second-order valence-corrected chi connectivity index (χ2v) is 11.4. The molecule has 6 nitrogen and oxygen atoms in total. The third-order valence-electron chi connectivity index (χ3n) is 8.15. The van der Waals surface area contributed by atoms with Crippen LogP contribution in [0, 0.1) is 0 Å². The van der Waals surface area contributed by atoms with E-state index in [-0.39, 0.29) is 36.7 Å². The monoisotopic (exact) mass is 648 g/mol. The van der Waals surface area contributed by atoms with Gasteiger partial charge in [-0.05, 0) is 59.4 Å². The number of nitrogens with zero attached hydrogens (tertiary/aromatic N) is 5. The Bertz CT molecular complexity index is 1420. The molecular formula is C28H31Cl4F3N6. The molecule has 41 heavy (non-hydrogen) atoms. The van der Waals surface area contributed by atoms with Crippen LogP contribution in [-0.4, -0.2) is 60.3 Å². The molecule has 0 bridgehead atoms. The van der Waals surface area contributed by atoms with E-state index in [4.69, 9.17) is 23.2 Å². The Morgan fingerprint density at radius 3 is 2.66 bits per heavy atom. The molecule has 1 fully saturated rings. The van der Waals surface area contributed by atoms with Gasteiger partial charge in [0, 0.05) is 44.8 Å². The largest absolute Gasteiger partial charge is 1.00 e. The number of hydrogen-bond donors (Lipinski definition) is 1. The lowest BCUT2D eigenvalue weighted by Crippen LogP contribution is -3.00. The number of hydrogen-bond acceptors (Lipinski definition) is 4. The smallest absolute Gasteiger partial charge is 0.434 e. The molecule has 0 radical (unpaired) electrons. The Hall–Kier alpha value is -2.01. The Balaban J connectivity index is 0.00000194. The Labute approximate surface area is 259 Å². The molecule has 1 aromatic carbocycles. The zero-order valence-corrected chi connectivity index (χ0v) is 25.4. The normalized spacial score (nSPS) is 18.7. The highest BCUT2D eigenvalue weighted by molar-refractivity contribution is 6.31. The van der Waals surface area contributed by atoms with Crippen LogP contribution in [0.3, 0.4) is 0 Å². The molecule has 222 valence electrons. The van der Waals surface area contributed by atoms with Gasteiger partial charge < -0.3 is 22.6 Å². The third kappa shape index (κ3) is 6.50. The predicted octanol–water partition coefficient (Wildman–Crippen LogP) is 2.29. The van der Waals surface area contributed by atoms with Crippen molar-refractivity contribution in [1.29, 1.82) is 0 Å². The minimum absolute atomic E-state index is 0. The lowest BCUT2D eigenvalue weighted by molar-refractivity contribution is -0.700. The molecule has 3 aromatic rings. The van der Waals surface area contributed by atoms with Gasteiger partial charge in [-0.2, -0.15) is 13.2 Å². The van der Waals surface area contributed by atoms with Crippen LogP contribution in [0.2, 0.25) is 10.0 Å². The van der Waals surface area contributed by atoms with Crippen LogP contribution in [0.1, 0.15) is 29.3 Å².